The lowest BCUT2D eigenvalue weighted by Gasteiger charge is -2.18. The van der Waals surface area contributed by atoms with E-state index in [1.54, 1.807) is 0 Å². The number of hydrogen-bond donors (Lipinski definition) is 0. The van der Waals surface area contributed by atoms with E-state index in [1.807, 2.05) is 42.5 Å². The molecule has 0 saturated carbocycles. The molecule has 9 rings (SSSR count). The number of nitriles is 2. The van der Waals surface area contributed by atoms with Gasteiger partial charge in [0.25, 0.3) is 0 Å². The first-order valence-corrected chi connectivity index (χ1v) is 16.3. The first-order valence-electron chi connectivity index (χ1n) is 16.3. The maximum absolute atomic E-state index is 10.6. The van der Waals surface area contributed by atoms with Gasteiger partial charge in [0, 0.05) is 22.0 Å². The quantitative estimate of drug-likeness (QED) is 0.184. The second kappa shape index (κ2) is 11.4. The lowest BCUT2D eigenvalue weighted by atomic mass is 9.84. The van der Waals surface area contributed by atoms with Gasteiger partial charge in [-0.05, 0) is 91.8 Å². The molecule has 226 valence electrons. The van der Waals surface area contributed by atoms with Crippen LogP contribution in [-0.2, 0) is 0 Å². The Morgan fingerprint density at radius 3 is 1.67 bits per heavy atom. The summed E-state index contributed by atoms with van der Waals surface area (Å²) in [6.07, 6.45) is 0. The van der Waals surface area contributed by atoms with Crippen molar-refractivity contribution < 1.29 is 0 Å². The van der Waals surface area contributed by atoms with Crippen molar-refractivity contribution in [3.05, 3.63) is 175 Å². The van der Waals surface area contributed by atoms with Crippen LogP contribution >= 0.6 is 0 Å². The fourth-order valence-corrected chi connectivity index (χ4v) is 7.51. The Kier molecular flexibility index (Phi) is 6.58. The zero-order valence-electron chi connectivity index (χ0n) is 26.4. The van der Waals surface area contributed by atoms with Gasteiger partial charge in [0.05, 0.1) is 34.3 Å². The number of fused-ring (bicyclic) bond motifs is 5. The highest BCUT2D eigenvalue weighted by molar-refractivity contribution is 6.21. The van der Waals surface area contributed by atoms with Crippen LogP contribution in [0.5, 0.6) is 0 Å². The molecular formula is C46H27N3. The van der Waals surface area contributed by atoms with Gasteiger partial charge >= 0.3 is 0 Å². The van der Waals surface area contributed by atoms with Crippen molar-refractivity contribution in [2.45, 2.75) is 0 Å². The van der Waals surface area contributed by atoms with E-state index in [2.05, 4.69) is 138 Å². The van der Waals surface area contributed by atoms with Crippen LogP contribution in [0.1, 0.15) is 11.1 Å². The monoisotopic (exact) mass is 621 g/mol. The average molecular weight is 622 g/mol. The molecule has 0 bridgehead atoms. The summed E-state index contributed by atoms with van der Waals surface area (Å²) in [6.45, 7) is 0. The highest BCUT2D eigenvalue weighted by Gasteiger charge is 2.19. The maximum Gasteiger partial charge on any atom is 0.0998 e. The molecule has 0 amide bonds. The third-order valence-electron chi connectivity index (χ3n) is 9.64. The molecule has 0 atom stereocenters. The van der Waals surface area contributed by atoms with Gasteiger partial charge in [-0.1, -0.05) is 121 Å². The second-order valence-electron chi connectivity index (χ2n) is 12.3. The molecule has 0 N–H and O–H groups in total. The van der Waals surface area contributed by atoms with Crippen LogP contribution in [0.25, 0.3) is 82.4 Å². The van der Waals surface area contributed by atoms with Crippen LogP contribution in [0.15, 0.2) is 164 Å². The highest BCUT2D eigenvalue weighted by Crippen LogP contribution is 2.45. The Morgan fingerprint density at radius 2 is 0.980 bits per heavy atom. The molecule has 0 fully saturated rings. The summed E-state index contributed by atoms with van der Waals surface area (Å²) in [4.78, 5) is 0. The molecule has 3 heteroatoms. The molecule has 3 nitrogen and oxygen atoms in total. The molecule has 0 spiro atoms. The summed E-state index contributed by atoms with van der Waals surface area (Å²) < 4.78 is 2.25. The maximum atomic E-state index is 10.6. The van der Waals surface area contributed by atoms with Crippen molar-refractivity contribution in [3.63, 3.8) is 0 Å². The number of aromatic nitrogens is 1. The van der Waals surface area contributed by atoms with Gasteiger partial charge in [0.1, 0.15) is 0 Å². The van der Waals surface area contributed by atoms with Crippen LogP contribution < -0.4 is 0 Å². The smallest absolute Gasteiger partial charge is 0.0998 e. The van der Waals surface area contributed by atoms with E-state index in [9.17, 15) is 10.5 Å². The Bertz CT molecular complexity index is 2790. The van der Waals surface area contributed by atoms with E-state index < -0.39 is 0 Å². The summed E-state index contributed by atoms with van der Waals surface area (Å²) in [5.41, 5.74) is 10.8. The molecule has 0 radical (unpaired) electrons. The van der Waals surface area contributed by atoms with Crippen LogP contribution in [0.2, 0.25) is 0 Å². The number of hydrogen-bond acceptors (Lipinski definition) is 2. The summed E-state index contributed by atoms with van der Waals surface area (Å²) in [7, 11) is 0. The fraction of sp³-hybridized carbons (Fsp3) is 0. The zero-order valence-corrected chi connectivity index (χ0v) is 26.4. The zero-order chi connectivity index (χ0) is 32.9. The van der Waals surface area contributed by atoms with Crippen LogP contribution in [-0.4, -0.2) is 4.57 Å². The van der Waals surface area contributed by atoms with Gasteiger partial charge in [-0.25, -0.2) is 0 Å². The lowest BCUT2D eigenvalue weighted by Crippen LogP contribution is -1.95. The molecule has 1 aromatic heterocycles. The largest absolute Gasteiger partial charge is 0.309 e. The number of nitrogens with zero attached hydrogens (tertiary/aromatic N) is 3. The van der Waals surface area contributed by atoms with Gasteiger partial charge in [-0.2, -0.15) is 10.5 Å². The molecule has 49 heavy (non-hydrogen) atoms. The Balaban J connectivity index is 1.23. The van der Waals surface area contributed by atoms with Crippen molar-refractivity contribution >= 4 is 43.4 Å². The van der Waals surface area contributed by atoms with Crippen molar-refractivity contribution in [2.24, 2.45) is 0 Å². The second-order valence-corrected chi connectivity index (χ2v) is 12.3. The van der Waals surface area contributed by atoms with Crippen LogP contribution in [0.3, 0.4) is 0 Å². The lowest BCUT2D eigenvalue weighted by molar-refractivity contribution is 1.18. The first kappa shape index (κ1) is 28.3. The van der Waals surface area contributed by atoms with Gasteiger partial charge < -0.3 is 4.57 Å². The van der Waals surface area contributed by atoms with E-state index in [0.717, 1.165) is 71.3 Å². The summed E-state index contributed by atoms with van der Waals surface area (Å²) in [5.74, 6) is 0. The Hall–Kier alpha value is -6.94. The molecule has 8 aromatic carbocycles. The predicted molar refractivity (Wildman–Crippen MR) is 202 cm³/mol. The minimum atomic E-state index is 0.631. The standard InChI is InChI=1S/C46H27N3/c47-28-30-21-24-44-42(25-30)37-15-8-9-20-43(37)49(44)35-14-10-13-32(27-35)33-22-23-36(34(26-33)29-48)46-40-18-6-4-16-38(40)45(31-11-2-1-3-12-31)39-17-5-7-19-41(39)46/h1-27H. The van der Waals surface area contributed by atoms with E-state index in [4.69, 9.17) is 0 Å². The van der Waals surface area contributed by atoms with E-state index in [1.165, 1.54) is 11.1 Å². The minimum absolute atomic E-state index is 0.631. The normalized spacial score (nSPS) is 11.2. The molecule has 0 aliphatic heterocycles. The van der Waals surface area contributed by atoms with Gasteiger partial charge in [-0.3, -0.25) is 0 Å². The minimum Gasteiger partial charge on any atom is -0.309 e. The third kappa shape index (κ3) is 4.49. The van der Waals surface area contributed by atoms with Crippen LogP contribution in [0, 0.1) is 22.7 Å². The van der Waals surface area contributed by atoms with E-state index in [-0.39, 0.29) is 0 Å². The van der Waals surface area contributed by atoms with Gasteiger partial charge in [-0.15, -0.1) is 0 Å². The topological polar surface area (TPSA) is 52.5 Å². The van der Waals surface area contributed by atoms with Gasteiger partial charge in [0.2, 0.25) is 0 Å². The number of para-hydroxylation sites is 1. The van der Waals surface area contributed by atoms with Crippen molar-refractivity contribution in [2.75, 3.05) is 0 Å². The van der Waals surface area contributed by atoms with Crippen molar-refractivity contribution in [3.8, 4) is 51.2 Å². The van der Waals surface area contributed by atoms with E-state index >= 15 is 0 Å². The highest BCUT2D eigenvalue weighted by atomic mass is 15.0. The molecule has 0 aliphatic carbocycles. The van der Waals surface area contributed by atoms with Crippen molar-refractivity contribution in [1.29, 1.82) is 10.5 Å². The Morgan fingerprint density at radius 1 is 0.388 bits per heavy atom. The third-order valence-corrected chi connectivity index (χ3v) is 9.64. The molecule has 1 heterocycles. The van der Waals surface area contributed by atoms with Crippen LogP contribution in [0.4, 0.5) is 0 Å². The van der Waals surface area contributed by atoms with Gasteiger partial charge in [0.15, 0.2) is 0 Å². The average Bonchev–Trinajstić information content (AvgIpc) is 3.50. The van der Waals surface area contributed by atoms with E-state index in [0.29, 0.717) is 11.1 Å². The SMILES string of the molecule is N#Cc1ccc2c(c1)c1ccccc1n2-c1cccc(-c2ccc(-c3c4ccccc4c(-c4ccccc4)c4ccccc34)c(C#N)c2)c1. The summed E-state index contributed by atoms with van der Waals surface area (Å²) in [6, 6.07) is 61.4. The van der Waals surface area contributed by atoms with Crippen molar-refractivity contribution in [1.82, 2.24) is 4.57 Å². The summed E-state index contributed by atoms with van der Waals surface area (Å²) >= 11 is 0. The Labute approximate surface area is 283 Å². The molecule has 9 aromatic rings. The molecule has 0 unspecified atom stereocenters. The molecular weight excluding hydrogens is 595 g/mol. The molecule has 0 saturated heterocycles. The summed E-state index contributed by atoms with van der Waals surface area (Å²) in [5, 5.41) is 26.9. The fourth-order valence-electron chi connectivity index (χ4n) is 7.51. The number of benzene rings is 8. The first-order chi connectivity index (χ1) is 24.2. The predicted octanol–water partition coefficient (Wildman–Crippen LogP) is 11.8. The molecule has 0 aliphatic rings. The number of rotatable bonds is 4.